The molecule has 0 unspecified atom stereocenters. The lowest BCUT2D eigenvalue weighted by atomic mass is 10.1. The zero-order valence-electron chi connectivity index (χ0n) is 15.6. The molecule has 148 valence electrons. The summed E-state index contributed by atoms with van der Waals surface area (Å²) in [6.07, 6.45) is 2.74. The van der Waals surface area contributed by atoms with Gasteiger partial charge in [-0.05, 0) is 29.9 Å². The van der Waals surface area contributed by atoms with Crippen molar-refractivity contribution < 1.29 is 23.1 Å². The van der Waals surface area contributed by atoms with Crippen LogP contribution in [0.5, 0.6) is 0 Å². The summed E-state index contributed by atoms with van der Waals surface area (Å²) in [6.45, 7) is 4.59. The standard InChI is InChI=1S/C19H26N2O5S/c1-19(2)15(16(19)18(23)24)17(22)20-12-13-8-4-5-9-14(13)27(25,26)21-10-6-3-7-11-21/h4-5,8-9,15-16H,3,6-7,10-12H2,1-2H3,(H,20,22)(H,23,24)/t15-,16+/m1/s1. The molecule has 1 aliphatic heterocycles. The number of nitrogens with one attached hydrogen (secondary N) is 1. The quantitative estimate of drug-likeness (QED) is 0.766. The van der Waals surface area contributed by atoms with Gasteiger partial charge in [0, 0.05) is 19.6 Å². The normalized spacial score (nSPS) is 25.0. The molecule has 0 spiro atoms. The monoisotopic (exact) mass is 394 g/mol. The van der Waals surface area contributed by atoms with Gasteiger partial charge in [0.05, 0.1) is 16.7 Å². The minimum Gasteiger partial charge on any atom is -0.481 e. The van der Waals surface area contributed by atoms with E-state index in [0.29, 0.717) is 18.7 Å². The van der Waals surface area contributed by atoms with Crippen molar-refractivity contribution in [3.8, 4) is 0 Å². The molecule has 1 saturated carbocycles. The first kappa shape index (κ1) is 19.8. The number of piperidine rings is 1. The lowest BCUT2D eigenvalue weighted by Crippen LogP contribution is -2.36. The molecule has 1 aromatic carbocycles. The van der Waals surface area contributed by atoms with Gasteiger partial charge in [-0.1, -0.05) is 38.5 Å². The van der Waals surface area contributed by atoms with Crippen molar-refractivity contribution in [2.75, 3.05) is 13.1 Å². The van der Waals surface area contributed by atoms with E-state index in [9.17, 15) is 23.1 Å². The van der Waals surface area contributed by atoms with Gasteiger partial charge in [0.2, 0.25) is 15.9 Å². The number of benzene rings is 1. The molecule has 27 heavy (non-hydrogen) atoms. The van der Waals surface area contributed by atoms with Gasteiger partial charge in [0.15, 0.2) is 0 Å². The maximum absolute atomic E-state index is 13.0. The van der Waals surface area contributed by atoms with Gasteiger partial charge in [-0.15, -0.1) is 0 Å². The highest BCUT2D eigenvalue weighted by Crippen LogP contribution is 2.58. The molecular weight excluding hydrogens is 368 g/mol. The summed E-state index contributed by atoms with van der Waals surface area (Å²) in [6, 6.07) is 6.65. The predicted octanol–water partition coefficient (Wildman–Crippen LogP) is 1.83. The maximum atomic E-state index is 13.0. The van der Waals surface area contributed by atoms with Gasteiger partial charge < -0.3 is 10.4 Å². The number of aliphatic carboxylic acids is 1. The second-order valence-electron chi connectivity index (χ2n) is 7.91. The Balaban J connectivity index is 1.74. The van der Waals surface area contributed by atoms with Gasteiger partial charge in [-0.3, -0.25) is 9.59 Å². The van der Waals surface area contributed by atoms with Crippen LogP contribution in [-0.4, -0.2) is 42.8 Å². The van der Waals surface area contributed by atoms with E-state index in [2.05, 4.69) is 5.32 Å². The minimum absolute atomic E-state index is 0.0565. The first-order valence-electron chi connectivity index (χ1n) is 9.26. The van der Waals surface area contributed by atoms with Crippen LogP contribution in [0.25, 0.3) is 0 Å². The molecule has 2 N–H and O–H groups in total. The molecule has 1 heterocycles. The van der Waals surface area contributed by atoms with E-state index in [0.717, 1.165) is 19.3 Å². The van der Waals surface area contributed by atoms with Crippen LogP contribution in [0.3, 0.4) is 0 Å². The summed E-state index contributed by atoms with van der Waals surface area (Å²) in [5.41, 5.74) is -0.0725. The van der Waals surface area contributed by atoms with Gasteiger partial charge in [-0.25, -0.2) is 8.42 Å². The molecule has 2 aliphatic rings. The highest BCUT2D eigenvalue weighted by molar-refractivity contribution is 7.89. The summed E-state index contributed by atoms with van der Waals surface area (Å²) in [5.74, 6) is -2.63. The highest BCUT2D eigenvalue weighted by Gasteiger charge is 2.65. The minimum atomic E-state index is -3.60. The molecule has 1 amide bonds. The number of hydrogen-bond acceptors (Lipinski definition) is 4. The topological polar surface area (TPSA) is 104 Å². The first-order valence-corrected chi connectivity index (χ1v) is 10.7. The number of carboxylic acid groups (broad SMARTS) is 1. The van der Waals surface area contributed by atoms with E-state index in [1.807, 2.05) is 0 Å². The predicted molar refractivity (Wildman–Crippen MR) is 99.3 cm³/mol. The lowest BCUT2D eigenvalue weighted by Gasteiger charge is -2.26. The molecule has 1 saturated heterocycles. The third kappa shape index (κ3) is 3.73. The van der Waals surface area contributed by atoms with E-state index in [4.69, 9.17) is 0 Å². The van der Waals surface area contributed by atoms with Crippen LogP contribution in [0.15, 0.2) is 29.2 Å². The maximum Gasteiger partial charge on any atom is 0.307 e. The summed E-state index contributed by atoms with van der Waals surface area (Å²) in [5, 5.41) is 12.0. The zero-order valence-corrected chi connectivity index (χ0v) is 16.5. The number of hydrogen-bond donors (Lipinski definition) is 2. The molecule has 8 heteroatoms. The molecule has 0 aromatic heterocycles. The van der Waals surface area contributed by atoms with E-state index in [1.165, 1.54) is 4.31 Å². The van der Waals surface area contributed by atoms with Gasteiger partial charge in [0.1, 0.15) is 0 Å². The fraction of sp³-hybridized carbons (Fsp3) is 0.579. The Bertz CT molecular complexity index is 843. The number of carbonyl (C=O) groups is 2. The van der Waals surface area contributed by atoms with Crippen molar-refractivity contribution in [2.24, 2.45) is 17.3 Å². The third-order valence-electron chi connectivity index (χ3n) is 5.73. The Morgan fingerprint density at radius 1 is 1.15 bits per heavy atom. The molecule has 0 radical (unpaired) electrons. The third-order valence-corrected chi connectivity index (χ3v) is 7.73. The van der Waals surface area contributed by atoms with Crippen molar-refractivity contribution in [1.29, 1.82) is 0 Å². The van der Waals surface area contributed by atoms with Crippen molar-refractivity contribution in [1.82, 2.24) is 9.62 Å². The van der Waals surface area contributed by atoms with Crippen LogP contribution in [0.4, 0.5) is 0 Å². The zero-order chi connectivity index (χ0) is 19.8. The van der Waals surface area contributed by atoms with E-state index in [-0.39, 0.29) is 17.3 Å². The summed E-state index contributed by atoms with van der Waals surface area (Å²) < 4.78 is 27.5. The molecule has 7 nitrogen and oxygen atoms in total. The van der Waals surface area contributed by atoms with Crippen molar-refractivity contribution in [3.05, 3.63) is 29.8 Å². The van der Waals surface area contributed by atoms with Crippen LogP contribution in [0.1, 0.15) is 38.7 Å². The van der Waals surface area contributed by atoms with Crippen molar-refractivity contribution >= 4 is 21.9 Å². The SMILES string of the molecule is CC1(C)[C@H](C(=O)O)[C@@H]1C(=O)NCc1ccccc1S(=O)(=O)N1CCCCC1. The summed E-state index contributed by atoms with van der Waals surface area (Å²) >= 11 is 0. The molecule has 2 fully saturated rings. The van der Waals surface area contributed by atoms with Crippen molar-refractivity contribution in [2.45, 2.75) is 44.6 Å². The number of carbonyl (C=O) groups excluding carboxylic acids is 1. The number of carboxylic acids is 1. The highest BCUT2D eigenvalue weighted by atomic mass is 32.2. The van der Waals surface area contributed by atoms with Crippen LogP contribution >= 0.6 is 0 Å². The Morgan fingerprint density at radius 3 is 2.37 bits per heavy atom. The molecule has 1 aliphatic carbocycles. The van der Waals surface area contributed by atoms with Gasteiger partial charge >= 0.3 is 5.97 Å². The Hall–Kier alpha value is -1.93. The second-order valence-corrected chi connectivity index (χ2v) is 9.81. The molecule has 1 aromatic rings. The number of sulfonamides is 1. The first-order chi connectivity index (χ1) is 12.7. The van der Waals surface area contributed by atoms with Crippen LogP contribution in [0, 0.1) is 17.3 Å². The Kier molecular flexibility index (Phi) is 5.31. The van der Waals surface area contributed by atoms with Crippen LogP contribution in [0.2, 0.25) is 0 Å². The fourth-order valence-electron chi connectivity index (χ4n) is 4.03. The number of nitrogens with zero attached hydrogens (tertiary/aromatic N) is 1. The average molecular weight is 394 g/mol. The van der Waals surface area contributed by atoms with E-state index in [1.54, 1.807) is 38.1 Å². The average Bonchev–Trinajstić information content (AvgIpc) is 3.23. The second kappa shape index (κ2) is 7.24. The van der Waals surface area contributed by atoms with E-state index >= 15 is 0 Å². The molecule has 2 atom stereocenters. The van der Waals surface area contributed by atoms with Crippen molar-refractivity contribution in [3.63, 3.8) is 0 Å². The van der Waals surface area contributed by atoms with Gasteiger partial charge in [-0.2, -0.15) is 4.31 Å². The lowest BCUT2D eigenvalue weighted by molar-refractivity contribution is -0.140. The molecule has 0 bridgehead atoms. The fourth-order valence-corrected chi connectivity index (χ4v) is 5.77. The van der Waals surface area contributed by atoms with Crippen LogP contribution < -0.4 is 5.32 Å². The largest absolute Gasteiger partial charge is 0.481 e. The molecular formula is C19H26N2O5S. The van der Waals surface area contributed by atoms with Crippen LogP contribution in [-0.2, 0) is 26.2 Å². The Morgan fingerprint density at radius 2 is 1.78 bits per heavy atom. The van der Waals surface area contributed by atoms with E-state index < -0.39 is 33.2 Å². The smallest absolute Gasteiger partial charge is 0.307 e. The van der Waals surface area contributed by atoms with Gasteiger partial charge in [0.25, 0.3) is 0 Å². The summed E-state index contributed by atoms with van der Waals surface area (Å²) in [7, 11) is -3.60. The Labute approximate surface area is 159 Å². The summed E-state index contributed by atoms with van der Waals surface area (Å²) in [4.78, 5) is 23.9. The number of amides is 1. The number of rotatable bonds is 6. The molecule has 3 rings (SSSR count).